The van der Waals surface area contributed by atoms with E-state index in [1.165, 1.54) is 0 Å². The SMILES string of the molecule is CCOc1ccc(N2C[C@H](c3nc4ccccc4n3CCC(C)C)CC2=O)cc1. The predicted molar refractivity (Wildman–Crippen MR) is 117 cm³/mol. The molecule has 0 saturated carbocycles. The topological polar surface area (TPSA) is 47.4 Å². The van der Waals surface area contributed by atoms with Crippen molar-refractivity contribution in [2.45, 2.75) is 46.1 Å². The van der Waals surface area contributed by atoms with Gasteiger partial charge in [-0.2, -0.15) is 0 Å². The first kappa shape index (κ1) is 19.5. The number of anilines is 1. The van der Waals surface area contributed by atoms with E-state index in [0.29, 0.717) is 25.5 Å². The molecular weight excluding hydrogens is 362 g/mol. The number of hydrogen-bond acceptors (Lipinski definition) is 3. The summed E-state index contributed by atoms with van der Waals surface area (Å²) in [6.07, 6.45) is 1.59. The van der Waals surface area contributed by atoms with Crippen LogP contribution < -0.4 is 9.64 Å². The second-order valence-corrected chi connectivity index (χ2v) is 8.13. The first-order valence-electron chi connectivity index (χ1n) is 10.5. The van der Waals surface area contributed by atoms with E-state index in [0.717, 1.165) is 41.3 Å². The third-order valence-corrected chi connectivity index (χ3v) is 5.56. The van der Waals surface area contributed by atoms with E-state index in [9.17, 15) is 4.79 Å². The van der Waals surface area contributed by atoms with Gasteiger partial charge < -0.3 is 14.2 Å². The number of aryl methyl sites for hydroxylation is 1. The lowest BCUT2D eigenvalue weighted by Crippen LogP contribution is -2.24. The summed E-state index contributed by atoms with van der Waals surface area (Å²) in [7, 11) is 0. The Bertz CT molecular complexity index is 991. The zero-order valence-corrected chi connectivity index (χ0v) is 17.5. The van der Waals surface area contributed by atoms with E-state index in [1.54, 1.807) is 0 Å². The van der Waals surface area contributed by atoms with Gasteiger partial charge in [0.05, 0.1) is 17.6 Å². The molecule has 3 aromatic rings. The van der Waals surface area contributed by atoms with E-state index >= 15 is 0 Å². The van der Waals surface area contributed by atoms with Crippen molar-refractivity contribution < 1.29 is 9.53 Å². The van der Waals surface area contributed by atoms with Crippen molar-refractivity contribution in [2.24, 2.45) is 5.92 Å². The Morgan fingerprint density at radius 3 is 2.62 bits per heavy atom. The predicted octanol–water partition coefficient (Wildman–Crippen LogP) is 5.00. The van der Waals surface area contributed by atoms with Gasteiger partial charge in [-0.1, -0.05) is 26.0 Å². The number of carbonyl (C=O) groups is 1. The molecule has 5 heteroatoms. The molecule has 5 nitrogen and oxygen atoms in total. The Morgan fingerprint density at radius 1 is 1.14 bits per heavy atom. The highest BCUT2D eigenvalue weighted by Gasteiger charge is 2.34. The largest absolute Gasteiger partial charge is 0.494 e. The molecule has 1 aliphatic rings. The molecule has 2 aromatic carbocycles. The molecule has 0 spiro atoms. The summed E-state index contributed by atoms with van der Waals surface area (Å²) in [6, 6.07) is 16.1. The average Bonchev–Trinajstić information content (AvgIpc) is 3.27. The van der Waals surface area contributed by atoms with Crippen LogP contribution in [0.15, 0.2) is 48.5 Å². The molecule has 1 saturated heterocycles. The number of rotatable bonds is 7. The number of hydrogen-bond donors (Lipinski definition) is 0. The number of fused-ring (bicyclic) bond motifs is 1. The summed E-state index contributed by atoms with van der Waals surface area (Å²) in [5.74, 6) is 2.74. The lowest BCUT2D eigenvalue weighted by molar-refractivity contribution is -0.117. The third-order valence-electron chi connectivity index (χ3n) is 5.56. The molecule has 1 amide bonds. The molecule has 1 aromatic heterocycles. The van der Waals surface area contributed by atoms with Crippen LogP contribution in [0.25, 0.3) is 11.0 Å². The van der Waals surface area contributed by atoms with Gasteiger partial charge in [-0.05, 0) is 55.7 Å². The molecule has 0 N–H and O–H groups in total. The molecule has 1 atom stereocenters. The average molecular weight is 392 g/mol. The highest BCUT2D eigenvalue weighted by atomic mass is 16.5. The Morgan fingerprint density at radius 2 is 1.90 bits per heavy atom. The van der Waals surface area contributed by atoms with E-state index < -0.39 is 0 Å². The van der Waals surface area contributed by atoms with Gasteiger partial charge in [0, 0.05) is 31.1 Å². The Hall–Kier alpha value is -2.82. The maximum absolute atomic E-state index is 12.8. The number of ether oxygens (including phenoxy) is 1. The molecule has 152 valence electrons. The van der Waals surface area contributed by atoms with Gasteiger partial charge in [0.15, 0.2) is 0 Å². The Labute approximate surface area is 172 Å². The summed E-state index contributed by atoms with van der Waals surface area (Å²) >= 11 is 0. The third kappa shape index (κ3) is 4.00. The first-order chi connectivity index (χ1) is 14.1. The summed E-state index contributed by atoms with van der Waals surface area (Å²) in [4.78, 5) is 19.6. The van der Waals surface area contributed by atoms with Crippen molar-refractivity contribution in [1.82, 2.24) is 9.55 Å². The molecule has 0 bridgehead atoms. The van der Waals surface area contributed by atoms with Crippen LogP contribution in [0, 0.1) is 5.92 Å². The van der Waals surface area contributed by atoms with Crippen molar-refractivity contribution in [3.63, 3.8) is 0 Å². The van der Waals surface area contributed by atoms with Crippen LogP contribution in [0.3, 0.4) is 0 Å². The van der Waals surface area contributed by atoms with Gasteiger partial charge in [-0.25, -0.2) is 4.98 Å². The number of nitrogens with zero attached hydrogens (tertiary/aromatic N) is 3. The van der Waals surface area contributed by atoms with E-state index in [4.69, 9.17) is 9.72 Å². The molecule has 29 heavy (non-hydrogen) atoms. The quantitative estimate of drug-likeness (QED) is 0.569. The fourth-order valence-electron chi connectivity index (χ4n) is 4.05. The minimum absolute atomic E-state index is 0.105. The van der Waals surface area contributed by atoms with Gasteiger partial charge >= 0.3 is 0 Å². The highest BCUT2D eigenvalue weighted by Crippen LogP contribution is 2.34. The summed E-state index contributed by atoms with van der Waals surface area (Å²) < 4.78 is 7.85. The Balaban J connectivity index is 1.61. The van der Waals surface area contributed by atoms with Crippen LogP contribution >= 0.6 is 0 Å². The highest BCUT2D eigenvalue weighted by molar-refractivity contribution is 5.96. The molecule has 0 radical (unpaired) electrons. The monoisotopic (exact) mass is 391 g/mol. The smallest absolute Gasteiger partial charge is 0.227 e. The second kappa shape index (κ2) is 8.27. The van der Waals surface area contributed by atoms with E-state index in [-0.39, 0.29) is 11.8 Å². The molecule has 0 unspecified atom stereocenters. The molecular formula is C24H29N3O2. The van der Waals surface area contributed by atoms with E-state index in [1.807, 2.05) is 42.2 Å². The fraction of sp³-hybridized carbons (Fsp3) is 0.417. The number of para-hydroxylation sites is 2. The second-order valence-electron chi connectivity index (χ2n) is 8.13. The van der Waals surface area contributed by atoms with Gasteiger partial charge in [0.2, 0.25) is 5.91 Å². The van der Waals surface area contributed by atoms with Gasteiger partial charge in [-0.15, -0.1) is 0 Å². The number of imidazole rings is 1. The van der Waals surface area contributed by atoms with Crippen molar-refractivity contribution in [2.75, 3.05) is 18.1 Å². The molecule has 1 fully saturated rings. The fourth-order valence-corrected chi connectivity index (χ4v) is 4.05. The van der Waals surface area contributed by atoms with Crippen molar-refractivity contribution in [3.8, 4) is 5.75 Å². The van der Waals surface area contributed by atoms with Crippen LogP contribution in [0.5, 0.6) is 5.75 Å². The zero-order valence-electron chi connectivity index (χ0n) is 17.5. The minimum atomic E-state index is 0.105. The number of amides is 1. The van der Waals surface area contributed by atoms with Crippen LogP contribution in [0.1, 0.15) is 45.4 Å². The lowest BCUT2D eigenvalue weighted by Gasteiger charge is -2.18. The van der Waals surface area contributed by atoms with Gasteiger partial charge in [0.25, 0.3) is 0 Å². The van der Waals surface area contributed by atoms with Gasteiger partial charge in [0.1, 0.15) is 11.6 Å². The van der Waals surface area contributed by atoms with Gasteiger partial charge in [-0.3, -0.25) is 4.79 Å². The van der Waals surface area contributed by atoms with Crippen LogP contribution in [0.4, 0.5) is 5.69 Å². The van der Waals surface area contributed by atoms with Crippen molar-refractivity contribution >= 4 is 22.6 Å². The molecule has 4 rings (SSSR count). The maximum Gasteiger partial charge on any atom is 0.227 e. The molecule has 1 aliphatic heterocycles. The normalized spacial score (nSPS) is 16.9. The summed E-state index contributed by atoms with van der Waals surface area (Å²) in [6.45, 7) is 8.68. The molecule has 2 heterocycles. The van der Waals surface area contributed by atoms with Crippen molar-refractivity contribution in [3.05, 3.63) is 54.4 Å². The minimum Gasteiger partial charge on any atom is -0.494 e. The van der Waals surface area contributed by atoms with Crippen LogP contribution in [0.2, 0.25) is 0 Å². The summed E-state index contributed by atoms with van der Waals surface area (Å²) in [5, 5.41) is 0. The standard InChI is InChI=1S/C24H29N3O2/c1-4-29-20-11-9-19(10-12-20)27-16-18(15-23(27)28)24-25-21-7-5-6-8-22(21)26(24)14-13-17(2)3/h5-12,17-18H,4,13-16H2,1-3H3/t18-/m1/s1. The number of carbonyl (C=O) groups excluding carboxylic acids is 1. The number of aromatic nitrogens is 2. The molecule has 0 aliphatic carbocycles. The maximum atomic E-state index is 12.8. The van der Waals surface area contributed by atoms with Crippen molar-refractivity contribution in [1.29, 1.82) is 0 Å². The number of benzene rings is 2. The Kier molecular flexibility index (Phi) is 5.56. The first-order valence-corrected chi connectivity index (χ1v) is 10.5. The summed E-state index contributed by atoms with van der Waals surface area (Å²) in [5.41, 5.74) is 3.10. The van der Waals surface area contributed by atoms with E-state index in [2.05, 4.69) is 36.6 Å². The zero-order chi connectivity index (χ0) is 20.4. The van der Waals surface area contributed by atoms with Crippen LogP contribution in [-0.4, -0.2) is 28.6 Å². The lowest BCUT2D eigenvalue weighted by atomic mass is 10.1. The van der Waals surface area contributed by atoms with Crippen LogP contribution in [-0.2, 0) is 11.3 Å².